The van der Waals surface area contributed by atoms with Gasteiger partial charge in [0.15, 0.2) is 0 Å². The molecule has 0 spiro atoms. The first-order chi connectivity index (χ1) is 7.03. The molecule has 2 N–H and O–H groups in total. The second-order valence-corrected chi connectivity index (χ2v) is 7.10. The van der Waals surface area contributed by atoms with E-state index < -0.39 is 0 Å². The lowest BCUT2D eigenvalue weighted by Gasteiger charge is -2.38. The van der Waals surface area contributed by atoms with Gasteiger partial charge < -0.3 is 5.73 Å². The molecule has 0 aromatic carbocycles. The summed E-state index contributed by atoms with van der Waals surface area (Å²) in [5.41, 5.74) is 9.42. The fourth-order valence-corrected chi connectivity index (χ4v) is 2.21. The molecule has 1 rings (SSSR count). The third-order valence-corrected chi connectivity index (χ3v) is 3.30. The second-order valence-electron chi connectivity index (χ2n) is 7.10. The number of hydrogen-bond acceptors (Lipinski definition) is 1. The Hall–Kier alpha value is -0.560. The van der Waals surface area contributed by atoms with Crippen LogP contribution in [0.25, 0.3) is 0 Å². The first kappa shape index (κ1) is 13.5. The van der Waals surface area contributed by atoms with Gasteiger partial charge in [-0.3, -0.25) is 0 Å². The fraction of sp³-hybridized carbons (Fsp3) is 0.733. The van der Waals surface area contributed by atoms with Crippen molar-refractivity contribution in [3.05, 3.63) is 23.3 Å². The largest absolute Gasteiger partial charge is 0.324 e. The fourth-order valence-electron chi connectivity index (χ4n) is 2.21. The molecule has 16 heavy (non-hydrogen) atoms. The Morgan fingerprint density at radius 2 is 1.25 bits per heavy atom. The predicted octanol–water partition coefficient (Wildman–Crippen LogP) is 3.91. The minimum Gasteiger partial charge on any atom is -0.324 e. The zero-order valence-corrected chi connectivity index (χ0v) is 11.9. The Balaban J connectivity index is 3.23. The van der Waals surface area contributed by atoms with Crippen LogP contribution in [0.4, 0.5) is 0 Å². The maximum absolute atomic E-state index is 6.15. The van der Waals surface area contributed by atoms with Crippen LogP contribution >= 0.6 is 0 Å². The Morgan fingerprint density at radius 3 is 1.62 bits per heavy atom. The van der Waals surface area contributed by atoms with Crippen LogP contribution < -0.4 is 5.73 Å². The monoisotopic (exact) mass is 221 g/mol. The SMILES string of the molecule is CC1C=C(C(C)(C)C)C(C(C)(C)C)=CC1N. The van der Waals surface area contributed by atoms with Crippen LogP contribution in [0.3, 0.4) is 0 Å². The van der Waals surface area contributed by atoms with Gasteiger partial charge in [-0.1, -0.05) is 60.6 Å². The van der Waals surface area contributed by atoms with Gasteiger partial charge in [-0.15, -0.1) is 0 Å². The summed E-state index contributed by atoms with van der Waals surface area (Å²) in [7, 11) is 0. The lowest BCUT2D eigenvalue weighted by Crippen LogP contribution is -2.33. The molecule has 1 aliphatic carbocycles. The molecule has 2 unspecified atom stereocenters. The molecular weight excluding hydrogens is 194 g/mol. The van der Waals surface area contributed by atoms with Crippen molar-refractivity contribution in [3.63, 3.8) is 0 Å². The summed E-state index contributed by atoms with van der Waals surface area (Å²) in [6.45, 7) is 15.8. The van der Waals surface area contributed by atoms with Crippen LogP contribution in [0, 0.1) is 16.7 Å². The molecule has 0 radical (unpaired) electrons. The van der Waals surface area contributed by atoms with Crippen LogP contribution in [0.15, 0.2) is 23.3 Å². The summed E-state index contributed by atoms with van der Waals surface area (Å²) in [4.78, 5) is 0. The highest BCUT2D eigenvalue weighted by molar-refractivity contribution is 5.43. The molecule has 0 saturated heterocycles. The standard InChI is InChI=1S/C15H27N/c1-10-8-11(14(2,3)4)12(9-13(10)16)15(5,6)7/h8-10,13H,16H2,1-7H3. The molecule has 0 saturated carbocycles. The average molecular weight is 221 g/mol. The van der Waals surface area contributed by atoms with Gasteiger partial charge in [-0.05, 0) is 27.9 Å². The maximum Gasteiger partial charge on any atom is 0.0291 e. The van der Waals surface area contributed by atoms with Crippen LogP contribution in [0.5, 0.6) is 0 Å². The smallest absolute Gasteiger partial charge is 0.0291 e. The van der Waals surface area contributed by atoms with Crippen molar-refractivity contribution in [2.45, 2.75) is 54.5 Å². The van der Waals surface area contributed by atoms with Gasteiger partial charge >= 0.3 is 0 Å². The van der Waals surface area contributed by atoms with E-state index in [1.54, 1.807) is 0 Å². The lowest BCUT2D eigenvalue weighted by atomic mass is 9.68. The van der Waals surface area contributed by atoms with Crippen LogP contribution in [-0.4, -0.2) is 6.04 Å². The Bertz CT molecular complexity index is 286. The van der Waals surface area contributed by atoms with Crippen molar-refractivity contribution in [1.82, 2.24) is 0 Å². The first-order valence-electron chi connectivity index (χ1n) is 6.24. The van der Waals surface area contributed by atoms with Gasteiger partial charge in [0.25, 0.3) is 0 Å². The van der Waals surface area contributed by atoms with E-state index in [4.69, 9.17) is 5.73 Å². The van der Waals surface area contributed by atoms with Crippen molar-refractivity contribution in [1.29, 1.82) is 0 Å². The second kappa shape index (κ2) is 4.03. The molecule has 92 valence electrons. The highest BCUT2D eigenvalue weighted by Crippen LogP contribution is 2.43. The summed E-state index contributed by atoms with van der Waals surface area (Å²) >= 11 is 0. The van der Waals surface area contributed by atoms with Gasteiger partial charge in [0.1, 0.15) is 0 Å². The van der Waals surface area contributed by atoms with Crippen LogP contribution in [-0.2, 0) is 0 Å². The van der Waals surface area contributed by atoms with Crippen molar-refractivity contribution in [3.8, 4) is 0 Å². The number of rotatable bonds is 0. The highest BCUT2D eigenvalue weighted by atomic mass is 14.6. The zero-order valence-electron chi connectivity index (χ0n) is 11.9. The van der Waals surface area contributed by atoms with Crippen molar-refractivity contribution >= 4 is 0 Å². The Morgan fingerprint density at radius 1 is 0.875 bits per heavy atom. The average Bonchev–Trinajstić information content (AvgIpc) is 2.05. The Kier molecular flexibility index (Phi) is 3.40. The molecule has 0 bridgehead atoms. The topological polar surface area (TPSA) is 26.0 Å². The van der Waals surface area contributed by atoms with E-state index in [2.05, 4.69) is 60.6 Å². The molecule has 1 aliphatic rings. The van der Waals surface area contributed by atoms with Gasteiger partial charge in [-0.2, -0.15) is 0 Å². The van der Waals surface area contributed by atoms with Crippen LogP contribution in [0.1, 0.15) is 48.5 Å². The summed E-state index contributed by atoms with van der Waals surface area (Å²) in [5.74, 6) is 0.445. The molecule has 0 fully saturated rings. The molecule has 1 heteroatoms. The van der Waals surface area contributed by atoms with E-state index >= 15 is 0 Å². The minimum atomic E-state index is 0.167. The summed E-state index contributed by atoms with van der Waals surface area (Å²) in [6, 6.07) is 0.167. The summed E-state index contributed by atoms with van der Waals surface area (Å²) < 4.78 is 0. The van der Waals surface area contributed by atoms with Gasteiger partial charge in [0, 0.05) is 6.04 Å². The molecule has 0 aromatic rings. The molecule has 0 aromatic heterocycles. The first-order valence-corrected chi connectivity index (χ1v) is 6.24. The summed E-state index contributed by atoms with van der Waals surface area (Å²) in [6.07, 6.45) is 4.64. The number of allylic oxidation sites excluding steroid dienone is 2. The molecule has 2 atom stereocenters. The van der Waals surface area contributed by atoms with Crippen molar-refractivity contribution in [2.24, 2.45) is 22.5 Å². The van der Waals surface area contributed by atoms with Gasteiger partial charge in [-0.25, -0.2) is 0 Å². The lowest BCUT2D eigenvalue weighted by molar-refractivity contribution is 0.424. The maximum atomic E-state index is 6.15. The zero-order chi connectivity index (χ0) is 12.7. The molecular formula is C15H27N. The van der Waals surface area contributed by atoms with Gasteiger partial charge in [0.2, 0.25) is 0 Å². The quantitative estimate of drug-likeness (QED) is 0.659. The number of hydrogen-bond donors (Lipinski definition) is 1. The number of nitrogens with two attached hydrogens (primary N) is 1. The molecule has 0 amide bonds. The summed E-state index contributed by atoms with van der Waals surface area (Å²) in [5, 5.41) is 0. The van der Waals surface area contributed by atoms with Crippen molar-refractivity contribution in [2.75, 3.05) is 0 Å². The molecule has 0 heterocycles. The highest BCUT2D eigenvalue weighted by Gasteiger charge is 2.32. The van der Waals surface area contributed by atoms with E-state index in [1.807, 2.05) is 0 Å². The minimum absolute atomic E-state index is 0.167. The molecule has 1 nitrogen and oxygen atoms in total. The van der Waals surface area contributed by atoms with E-state index in [9.17, 15) is 0 Å². The van der Waals surface area contributed by atoms with E-state index in [0.29, 0.717) is 5.92 Å². The third-order valence-electron chi connectivity index (χ3n) is 3.30. The van der Waals surface area contributed by atoms with Crippen molar-refractivity contribution < 1.29 is 0 Å². The third kappa shape index (κ3) is 2.76. The van der Waals surface area contributed by atoms with E-state index in [-0.39, 0.29) is 16.9 Å². The van der Waals surface area contributed by atoms with E-state index in [0.717, 1.165) is 0 Å². The predicted molar refractivity (Wildman–Crippen MR) is 72.2 cm³/mol. The molecule has 0 aliphatic heterocycles. The Labute approximate surface area is 101 Å². The van der Waals surface area contributed by atoms with Crippen LogP contribution in [0.2, 0.25) is 0 Å². The van der Waals surface area contributed by atoms with E-state index in [1.165, 1.54) is 11.1 Å². The van der Waals surface area contributed by atoms with Gasteiger partial charge in [0.05, 0.1) is 0 Å². The normalized spacial score (nSPS) is 27.5.